The van der Waals surface area contributed by atoms with E-state index in [4.69, 9.17) is 5.73 Å². The summed E-state index contributed by atoms with van der Waals surface area (Å²) in [5, 5.41) is 0. The van der Waals surface area contributed by atoms with Crippen LogP contribution in [0.25, 0.3) is 0 Å². The highest BCUT2D eigenvalue weighted by Crippen LogP contribution is 2.33. The maximum absolute atomic E-state index is 5.89. The Morgan fingerprint density at radius 3 is 2.47 bits per heavy atom. The van der Waals surface area contributed by atoms with Crippen LogP contribution in [0.3, 0.4) is 0 Å². The van der Waals surface area contributed by atoms with Crippen LogP contribution in [0.15, 0.2) is 6.20 Å². The molecule has 0 aliphatic heterocycles. The first-order valence-corrected chi connectivity index (χ1v) is 7.35. The molecule has 0 radical (unpaired) electrons. The minimum absolute atomic E-state index is 0.343. The van der Waals surface area contributed by atoms with Gasteiger partial charge in [-0.25, -0.2) is 9.97 Å². The van der Waals surface area contributed by atoms with E-state index in [1.165, 1.54) is 12.8 Å². The van der Waals surface area contributed by atoms with Crippen LogP contribution in [-0.4, -0.2) is 22.6 Å². The summed E-state index contributed by atoms with van der Waals surface area (Å²) < 4.78 is 0. The Hall–Kier alpha value is -1.16. The second-order valence-corrected chi connectivity index (χ2v) is 6.11. The van der Waals surface area contributed by atoms with E-state index in [9.17, 15) is 0 Å². The molecule has 1 aliphatic rings. The fraction of sp³-hybridized carbons (Fsp3) is 0.733. The van der Waals surface area contributed by atoms with Crippen molar-refractivity contribution in [2.24, 2.45) is 11.7 Å². The van der Waals surface area contributed by atoms with Gasteiger partial charge < -0.3 is 10.6 Å². The Kier molecular flexibility index (Phi) is 4.40. The SMILES string of the molecule is CC(C)c1ncc(N(CC2CC2)C(C)C)c(CN)n1. The van der Waals surface area contributed by atoms with Crippen molar-refractivity contribution in [1.29, 1.82) is 0 Å². The second kappa shape index (κ2) is 5.87. The fourth-order valence-electron chi connectivity index (χ4n) is 2.26. The molecule has 1 aromatic heterocycles. The molecule has 0 amide bonds. The lowest BCUT2D eigenvalue weighted by Crippen LogP contribution is -2.34. The largest absolute Gasteiger partial charge is 0.366 e. The number of rotatable bonds is 6. The van der Waals surface area contributed by atoms with Crippen LogP contribution >= 0.6 is 0 Å². The van der Waals surface area contributed by atoms with Crippen molar-refractivity contribution in [1.82, 2.24) is 9.97 Å². The topological polar surface area (TPSA) is 55.0 Å². The van der Waals surface area contributed by atoms with E-state index in [0.717, 1.165) is 29.7 Å². The molecule has 0 atom stereocenters. The number of nitrogens with two attached hydrogens (primary N) is 1. The lowest BCUT2D eigenvalue weighted by atomic mass is 10.1. The van der Waals surface area contributed by atoms with Crippen LogP contribution in [0, 0.1) is 5.92 Å². The van der Waals surface area contributed by atoms with Crippen molar-refractivity contribution in [2.45, 2.75) is 59.0 Å². The van der Waals surface area contributed by atoms with Gasteiger partial charge in [-0.05, 0) is 32.6 Å². The van der Waals surface area contributed by atoms with Gasteiger partial charge in [-0.15, -0.1) is 0 Å². The van der Waals surface area contributed by atoms with E-state index in [1.807, 2.05) is 6.20 Å². The Labute approximate surface area is 116 Å². The minimum atomic E-state index is 0.343. The lowest BCUT2D eigenvalue weighted by Gasteiger charge is -2.30. The molecule has 0 spiro atoms. The molecule has 2 rings (SSSR count). The molecule has 4 heteroatoms. The predicted molar refractivity (Wildman–Crippen MR) is 79.2 cm³/mol. The summed E-state index contributed by atoms with van der Waals surface area (Å²) in [5.41, 5.74) is 7.99. The smallest absolute Gasteiger partial charge is 0.131 e. The van der Waals surface area contributed by atoms with Crippen molar-refractivity contribution in [3.8, 4) is 0 Å². The van der Waals surface area contributed by atoms with Crippen LogP contribution in [0.4, 0.5) is 5.69 Å². The maximum atomic E-state index is 5.89. The van der Waals surface area contributed by atoms with E-state index >= 15 is 0 Å². The monoisotopic (exact) mass is 262 g/mol. The molecule has 0 saturated heterocycles. The molecule has 0 aromatic carbocycles. The Morgan fingerprint density at radius 1 is 1.32 bits per heavy atom. The van der Waals surface area contributed by atoms with Gasteiger partial charge in [-0.1, -0.05) is 13.8 Å². The molecular weight excluding hydrogens is 236 g/mol. The highest BCUT2D eigenvalue weighted by molar-refractivity contribution is 5.50. The molecule has 1 heterocycles. The van der Waals surface area contributed by atoms with Crippen molar-refractivity contribution in [2.75, 3.05) is 11.4 Å². The Bertz CT molecular complexity index is 424. The van der Waals surface area contributed by atoms with Gasteiger partial charge in [0.25, 0.3) is 0 Å². The summed E-state index contributed by atoms with van der Waals surface area (Å²) in [6, 6.07) is 0.458. The molecule has 1 fully saturated rings. The standard InChI is InChI=1S/C15H26N4/c1-10(2)15-17-8-14(13(7-16)18-15)19(11(3)4)9-12-5-6-12/h8,10-12H,5-7,9,16H2,1-4H3. The summed E-state index contributed by atoms with van der Waals surface area (Å²) in [6.07, 6.45) is 4.67. The molecule has 1 aliphatic carbocycles. The van der Waals surface area contributed by atoms with Gasteiger partial charge in [-0.3, -0.25) is 0 Å². The van der Waals surface area contributed by atoms with E-state index in [2.05, 4.69) is 42.6 Å². The molecule has 2 N–H and O–H groups in total. The molecule has 106 valence electrons. The average molecular weight is 262 g/mol. The van der Waals surface area contributed by atoms with Gasteiger partial charge in [-0.2, -0.15) is 0 Å². The zero-order valence-electron chi connectivity index (χ0n) is 12.6. The second-order valence-electron chi connectivity index (χ2n) is 6.11. The van der Waals surface area contributed by atoms with Crippen molar-refractivity contribution >= 4 is 5.69 Å². The lowest BCUT2D eigenvalue weighted by molar-refractivity contribution is 0.634. The minimum Gasteiger partial charge on any atom is -0.366 e. The molecular formula is C15H26N4. The summed E-state index contributed by atoms with van der Waals surface area (Å²) in [6.45, 7) is 10.2. The zero-order chi connectivity index (χ0) is 14.0. The first-order chi connectivity index (χ1) is 9.02. The summed E-state index contributed by atoms with van der Waals surface area (Å²) in [4.78, 5) is 11.6. The summed E-state index contributed by atoms with van der Waals surface area (Å²) in [7, 11) is 0. The Morgan fingerprint density at radius 2 is 2.00 bits per heavy atom. The van der Waals surface area contributed by atoms with Gasteiger partial charge >= 0.3 is 0 Å². The van der Waals surface area contributed by atoms with E-state index in [0.29, 0.717) is 18.5 Å². The number of anilines is 1. The predicted octanol–water partition coefficient (Wildman–Crippen LogP) is 2.68. The summed E-state index contributed by atoms with van der Waals surface area (Å²) >= 11 is 0. The van der Waals surface area contributed by atoms with Crippen LogP contribution in [0.5, 0.6) is 0 Å². The third kappa shape index (κ3) is 3.44. The first-order valence-electron chi connectivity index (χ1n) is 7.35. The van der Waals surface area contributed by atoms with E-state index < -0.39 is 0 Å². The van der Waals surface area contributed by atoms with Crippen LogP contribution in [0.1, 0.15) is 58.0 Å². The average Bonchev–Trinajstić information content (AvgIpc) is 3.18. The first kappa shape index (κ1) is 14.3. The van der Waals surface area contributed by atoms with Crippen molar-refractivity contribution in [3.63, 3.8) is 0 Å². The van der Waals surface area contributed by atoms with Crippen molar-refractivity contribution < 1.29 is 0 Å². The molecule has 19 heavy (non-hydrogen) atoms. The van der Waals surface area contributed by atoms with Gasteiger partial charge in [0.15, 0.2) is 0 Å². The number of hydrogen-bond donors (Lipinski definition) is 1. The Balaban J connectivity index is 2.29. The zero-order valence-corrected chi connectivity index (χ0v) is 12.6. The van der Waals surface area contributed by atoms with Crippen LogP contribution < -0.4 is 10.6 Å². The number of aromatic nitrogens is 2. The molecule has 0 unspecified atom stereocenters. The van der Waals surface area contributed by atoms with Crippen molar-refractivity contribution in [3.05, 3.63) is 17.7 Å². The van der Waals surface area contributed by atoms with Gasteiger partial charge in [0, 0.05) is 25.0 Å². The quantitative estimate of drug-likeness (QED) is 0.856. The third-order valence-electron chi connectivity index (χ3n) is 3.66. The van der Waals surface area contributed by atoms with Gasteiger partial charge in [0.05, 0.1) is 17.6 Å². The fourth-order valence-corrected chi connectivity index (χ4v) is 2.26. The third-order valence-corrected chi connectivity index (χ3v) is 3.66. The van der Waals surface area contributed by atoms with E-state index in [1.54, 1.807) is 0 Å². The molecule has 4 nitrogen and oxygen atoms in total. The van der Waals surface area contributed by atoms with Gasteiger partial charge in [0.1, 0.15) is 5.82 Å². The number of hydrogen-bond acceptors (Lipinski definition) is 4. The highest BCUT2D eigenvalue weighted by Gasteiger charge is 2.27. The maximum Gasteiger partial charge on any atom is 0.131 e. The summed E-state index contributed by atoms with van der Waals surface area (Å²) in [5.74, 6) is 2.08. The van der Waals surface area contributed by atoms with Gasteiger partial charge in [0.2, 0.25) is 0 Å². The highest BCUT2D eigenvalue weighted by atomic mass is 15.2. The molecule has 1 saturated carbocycles. The molecule has 1 aromatic rings. The normalized spacial score (nSPS) is 15.3. The van der Waals surface area contributed by atoms with E-state index in [-0.39, 0.29) is 0 Å². The molecule has 0 bridgehead atoms. The number of nitrogens with zero attached hydrogens (tertiary/aromatic N) is 3. The van der Waals surface area contributed by atoms with Crippen LogP contribution in [-0.2, 0) is 6.54 Å². The van der Waals surface area contributed by atoms with Crippen LogP contribution in [0.2, 0.25) is 0 Å².